The summed E-state index contributed by atoms with van der Waals surface area (Å²) in [5, 5.41) is 18.0. The van der Waals surface area contributed by atoms with Crippen molar-refractivity contribution in [2.45, 2.75) is 70.7 Å². The molecular weight excluding hydrogens is 606 g/mol. The van der Waals surface area contributed by atoms with E-state index in [4.69, 9.17) is 20.9 Å². The van der Waals surface area contributed by atoms with Crippen molar-refractivity contribution in [1.82, 2.24) is 20.9 Å². The Bertz CT molecular complexity index is 1260. The molecule has 2 rings (SSSR count). The van der Waals surface area contributed by atoms with Crippen LogP contribution >= 0.6 is 0 Å². The van der Waals surface area contributed by atoms with Crippen LogP contribution in [0.2, 0.25) is 0 Å². The number of nitrogens with two attached hydrogens (primary N) is 2. The second kappa shape index (κ2) is 21.8. The third kappa shape index (κ3) is 16.9. The molecule has 47 heavy (non-hydrogen) atoms. The molecule has 0 bridgehead atoms. The first-order valence-corrected chi connectivity index (χ1v) is 15.8. The van der Waals surface area contributed by atoms with Gasteiger partial charge in [-0.2, -0.15) is 0 Å². The number of carbonyl (C=O) groups is 4. The largest absolute Gasteiger partial charge is 0.478 e. The van der Waals surface area contributed by atoms with E-state index in [1.165, 1.54) is 6.92 Å². The van der Waals surface area contributed by atoms with Crippen LogP contribution in [-0.2, 0) is 32.3 Å². The van der Waals surface area contributed by atoms with Gasteiger partial charge in [0.05, 0.1) is 0 Å². The van der Waals surface area contributed by atoms with Crippen molar-refractivity contribution in [3.8, 4) is 0 Å². The summed E-state index contributed by atoms with van der Waals surface area (Å²) in [7, 11) is 0. The first-order valence-electron chi connectivity index (χ1n) is 15.8. The molecule has 1 unspecified atom stereocenters. The van der Waals surface area contributed by atoms with Crippen LogP contribution in [0.3, 0.4) is 0 Å². The molecule has 0 saturated heterocycles. The SMILES string of the molecule is CC(NCCCCN(CCCNC(=O)OCc1ccccc1)C(=O)OCc1ccccc1)(NC(=O)CCCCCN=C(N)N)C(=O)O. The van der Waals surface area contributed by atoms with Gasteiger partial charge in [-0.3, -0.25) is 15.1 Å². The normalized spacial score (nSPS) is 11.9. The van der Waals surface area contributed by atoms with Gasteiger partial charge in [-0.1, -0.05) is 67.1 Å². The van der Waals surface area contributed by atoms with Gasteiger partial charge in [-0.05, 0) is 56.7 Å². The lowest BCUT2D eigenvalue weighted by molar-refractivity contribution is -0.148. The lowest BCUT2D eigenvalue weighted by Crippen LogP contribution is -2.62. The van der Waals surface area contributed by atoms with Crippen molar-refractivity contribution in [1.29, 1.82) is 0 Å². The van der Waals surface area contributed by atoms with E-state index in [0.717, 1.165) is 17.5 Å². The molecule has 0 aliphatic carbocycles. The van der Waals surface area contributed by atoms with Crippen molar-refractivity contribution in [2.75, 3.05) is 32.7 Å². The molecule has 0 radical (unpaired) electrons. The van der Waals surface area contributed by atoms with Crippen molar-refractivity contribution >= 4 is 30.0 Å². The van der Waals surface area contributed by atoms with Crippen molar-refractivity contribution in [3.05, 3.63) is 71.8 Å². The van der Waals surface area contributed by atoms with Gasteiger partial charge in [0.1, 0.15) is 13.2 Å². The van der Waals surface area contributed by atoms with Crippen LogP contribution in [0.25, 0.3) is 0 Å². The number of carboxylic acids is 1. The zero-order chi connectivity index (χ0) is 34.3. The molecule has 14 heteroatoms. The molecule has 0 fully saturated rings. The van der Waals surface area contributed by atoms with Gasteiger partial charge in [0, 0.05) is 32.6 Å². The maximum atomic E-state index is 12.9. The van der Waals surface area contributed by atoms with Crippen LogP contribution in [0, 0.1) is 0 Å². The Hall–Kier alpha value is -4.85. The molecule has 0 saturated carbocycles. The number of benzene rings is 2. The van der Waals surface area contributed by atoms with Gasteiger partial charge in [-0.25, -0.2) is 14.4 Å². The number of aliphatic imine (C=N–C) groups is 1. The van der Waals surface area contributed by atoms with Gasteiger partial charge in [-0.15, -0.1) is 0 Å². The maximum Gasteiger partial charge on any atom is 0.410 e. The monoisotopic (exact) mass is 655 g/mol. The van der Waals surface area contributed by atoms with Crippen LogP contribution in [0.1, 0.15) is 63.0 Å². The van der Waals surface area contributed by atoms with Gasteiger partial charge < -0.3 is 41.6 Å². The van der Waals surface area contributed by atoms with E-state index in [0.29, 0.717) is 58.3 Å². The van der Waals surface area contributed by atoms with Gasteiger partial charge >= 0.3 is 18.2 Å². The van der Waals surface area contributed by atoms with E-state index in [1.807, 2.05) is 60.7 Å². The van der Waals surface area contributed by atoms with E-state index in [2.05, 4.69) is 20.9 Å². The number of rotatable bonds is 22. The topological polar surface area (TPSA) is 211 Å². The third-order valence-corrected chi connectivity index (χ3v) is 7.06. The summed E-state index contributed by atoms with van der Waals surface area (Å²) >= 11 is 0. The second-order valence-corrected chi connectivity index (χ2v) is 11.1. The molecule has 2 aromatic rings. The lowest BCUT2D eigenvalue weighted by atomic mass is 10.1. The van der Waals surface area contributed by atoms with Crippen LogP contribution in [0.4, 0.5) is 9.59 Å². The van der Waals surface area contributed by atoms with Crippen LogP contribution in [0.5, 0.6) is 0 Å². The number of guanidine groups is 1. The first kappa shape index (κ1) is 38.3. The number of amides is 3. The Balaban J connectivity index is 1.78. The summed E-state index contributed by atoms with van der Waals surface area (Å²) in [4.78, 5) is 54.9. The van der Waals surface area contributed by atoms with Crippen LogP contribution < -0.4 is 27.4 Å². The van der Waals surface area contributed by atoms with Crippen molar-refractivity contribution < 1.29 is 33.8 Å². The third-order valence-electron chi connectivity index (χ3n) is 7.06. The number of nitrogens with zero attached hydrogens (tertiary/aromatic N) is 2. The molecule has 2 aromatic carbocycles. The summed E-state index contributed by atoms with van der Waals surface area (Å²) in [5.41, 5.74) is 10.7. The number of hydrogen-bond donors (Lipinski definition) is 6. The fraction of sp³-hybridized carbons (Fsp3) is 0.485. The van der Waals surface area contributed by atoms with Crippen molar-refractivity contribution in [2.24, 2.45) is 16.5 Å². The number of nitrogens with one attached hydrogen (secondary N) is 3. The summed E-state index contributed by atoms with van der Waals surface area (Å²) < 4.78 is 10.8. The van der Waals surface area contributed by atoms with Gasteiger partial charge in [0.2, 0.25) is 5.91 Å². The molecule has 1 atom stereocenters. The predicted octanol–water partition coefficient (Wildman–Crippen LogP) is 3.06. The van der Waals surface area contributed by atoms with E-state index >= 15 is 0 Å². The zero-order valence-corrected chi connectivity index (χ0v) is 27.1. The van der Waals surface area contributed by atoms with Gasteiger partial charge in [0.25, 0.3) is 0 Å². The molecule has 3 amide bonds. The minimum absolute atomic E-state index is 0.0213. The average Bonchev–Trinajstić information content (AvgIpc) is 3.05. The first-order chi connectivity index (χ1) is 22.6. The summed E-state index contributed by atoms with van der Waals surface area (Å²) in [6, 6.07) is 18.7. The molecule has 258 valence electrons. The minimum atomic E-state index is -1.65. The number of alkyl carbamates (subject to hydrolysis) is 1. The predicted molar refractivity (Wildman–Crippen MR) is 178 cm³/mol. The highest BCUT2D eigenvalue weighted by atomic mass is 16.6. The number of carbonyl (C=O) groups excluding carboxylic acids is 3. The Labute approximate surface area is 276 Å². The molecular formula is C33H49N7O7. The number of carboxylic acid groups (broad SMARTS) is 1. The highest BCUT2D eigenvalue weighted by Gasteiger charge is 2.33. The Morgan fingerprint density at radius 1 is 0.809 bits per heavy atom. The highest BCUT2D eigenvalue weighted by Crippen LogP contribution is 2.08. The lowest BCUT2D eigenvalue weighted by Gasteiger charge is -2.28. The summed E-state index contributed by atoms with van der Waals surface area (Å²) in [5.74, 6) is -1.57. The summed E-state index contributed by atoms with van der Waals surface area (Å²) in [6.45, 7) is 3.41. The zero-order valence-electron chi connectivity index (χ0n) is 27.1. The Morgan fingerprint density at radius 2 is 1.43 bits per heavy atom. The number of hydrogen-bond acceptors (Lipinski definition) is 8. The second-order valence-electron chi connectivity index (χ2n) is 11.1. The average molecular weight is 656 g/mol. The molecule has 0 spiro atoms. The highest BCUT2D eigenvalue weighted by molar-refractivity contribution is 5.86. The quantitative estimate of drug-likeness (QED) is 0.0472. The smallest absolute Gasteiger partial charge is 0.410 e. The molecule has 14 nitrogen and oxygen atoms in total. The van der Waals surface area contributed by atoms with E-state index in [1.54, 1.807) is 4.90 Å². The fourth-order valence-electron chi connectivity index (χ4n) is 4.40. The fourth-order valence-corrected chi connectivity index (χ4v) is 4.40. The van der Waals surface area contributed by atoms with E-state index in [9.17, 15) is 24.3 Å². The molecule has 0 heterocycles. The van der Waals surface area contributed by atoms with Crippen LogP contribution in [0.15, 0.2) is 65.7 Å². The minimum Gasteiger partial charge on any atom is -0.478 e. The molecule has 0 aliphatic heterocycles. The number of ether oxygens (including phenoxy) is 2. The molecule has 0 aliphatic rings. The number of aliphatic carboxylic acids is 1. The van der Waals surface area contributed by atoms with E-state index < -0.39 is 23.8 Å². The van der Waals surface area contributed by atoms with Crippen molar-refractivity contribution in [3.63, 3.8) is 0 Å². The molecule has 0 aromatic heterocycles. The van der Waals surface area contributed by atoms with E-state index in [-0.39, 0.29) is 38.0 Å². The standard InChI is InChI=1S/C33H49N7O7/c1-33(29(42)43,39-28(41)18-9-4-10-19-36-30(34)35)38-21-11-12-22-40(32(45)47-25-27-16-7-3-8-17-27)23-13-20-37-31(44)46-24-26-14-5-2-6-15-26/h2-3,5-8,14-17,38H,4,9-13,18-25H2,1H3,(H,37,44)(H,39,41)(H,42,43)(H4,34,35,36). The summed E-state index contributed by atoms with van der Waals surface area (Å²) in [6.07, 6.45) is 2.68. The Kier molecular flexibility index (Phi) is 17.8. The Morgan fingerprint density at radius 3 is 2.04 bits per heavy atom. The van der Waals surface area contributed by atoms with Gasteiger partial charge in [0.15, 0.2) is 11.6 Å². The van der Waals surface area contributed by atoms with Crippen LogP contribution in [-0.4, -0.2) is 78.4 Å². The molecule has 8 N–H and O–H groups in total. The maximum absolute atomic E-state index is 12.9. The number of unbranched alkanes of at least 4 members (excludes halogenated alkanes) is 3.